The van der Waals surface area contributed by atoms with Crippen molar-refractivity contribution in [1.82, 2.24) is 9.99 Å². The number of nitrogens with zero attached hydrogens (tertiary/aromatic N) is 1. The van der Waals surface area contributed by atoms with Crippen LogP contribution < -0.4 is 16.1 Å². The molecule has 156 valence electrons. The van der Waals surface area contributed by atoms with Crippen molar-refractivity contribution in [3.05, 3.63) is 64.3 Å². The molecule has 0 aliphatic rings. The first-order valence-corrected chi connectivity index (χ1v) is 9.60. The number of hydrogen-bond donors (Lipinski definition) is 3. The van der Waals surface area contributed by atoms with Gasteiger partial charge in [0.25, 0.3) is 5.91 Å². The molecule has 8 nitrogen and oxygen atoms in total. The fraction of sp³-hybridized carbons (Fsp3) is 0.150. The molecule has 30 heavy (non-hydrogen) atoms. The van der Waals surface area contributed by atoms with Gasteiger partial charge in [0.1, 0.15) is 5.69 Å². The minimum absolute atomic E-state index is 0.102. The lowest BCUT2D eigenvalue weighted by Gasteiger charge is -2.13. The highest BCUT2D eigenvalue weighted by Crippen LogP contribution is 2.24. The third kappa shape index (κ3) is 5.10. The highest BCUT2D eigenvalue weighted by atomic mass is 35.5. The van der Waals surface area contributed by atoms with Gasteiger partial charge in [-0.25, -0.2) is 4.68 Å². The number of anilines is 1. The van der Waals surface area contributed by atoms with Crippen LogP contribution in [0.2, 0.25) is 10.0 Å². The molecule has 0 radical (unpaired) electrons. The second-order valence-corrected chi connectivity index (χ2v) is 7.10. The van der Waals surface area contributed by atoms with Gasteiger partial charge in [-0.1, -0.05) is 29.3 Å². The third-order valence-corrected chi connectivity index (χ3v) is 4.56. The number of amides is 3. The van der Waals surface area contributed by atoms with E-state index >= 15 is 0 Å². The van der Waals surface area contributed by atoms with Crippen LogP contribution in [0.15, 0.2) is 48.5 Å². The minimum Gasteiger partial charge on any atom is -0.383 e. The Morgan fingerprint density at radius 3 is 2.50 bits per heavy atom. The molecule has 1 aromatic heterocycles. The van der Waals surface area contributed by atoms with Crippen molar-refractivity contribution in [2.75, 3.05) is 31.0 Å². The van der Waals surface area contributed by atoms with Crippen LogP contribution in [0.4, 0.5) is 5.69 Å². The van der Waals surface area contributed by atoms with E-state index < -0.39 is 17.7 Å². The summed E-state index contributed by atoms with van der Waals surface area (Å²) in [5, 5.41) is 6.67. The Morgan fingerprint density at radius 2 is 1.77 bits per heavy atom. The number of nitrogens with one attached hydrogen (secondary N) is 3. The number of benzene rings is 2. The van der Waals surface area contributed by atoms with Crippen molar-refractivity contribution in [2.24, 2.45) is 0 Å². The van der Waals surface area contributed by atoms with E-state index in [1.165, 1.54) is 11.8 Å². The molecule has 0 unspecified atom stereocenters. The van der Waals surface area contributed by atoms with Crippen molar-refractivity contribution in [3.63, 3.8) is 0 Å². The van der Waals surface area contributed by atoms with Gasteiger partial charge in [-0.2, -0.15) is 0 Å². The molecule has 3 amide bonds. The maximum Gasteiger partial charge on any atom is 0.328 e. The quantitative estimate of drug-likeness (QED) is 0.398. The van der Waals surface area contributed by atoms with E-state index in [1.54, 1.807) is 48.5 Å². The third-order valence-electron chi connectivity index (χ3n) is 4.09. The Kier molecular flexibility index (Phi) is 6.94. The molecule has 0 fully saturated rings. The summed E-state index contributed by atoms with van der Waals surface area (Å²) in [4.78, 5) is 37.2. The fourth-order valence-electron chi connectivity index (χ4n) is 2.73. The second-order valence-electron chi connectivity index (χ2n) is 6.22. The number of halogens is 2. The Hall–Kier alpha value is -3.07. The fourth-order valence-corrected chi connectivity index (χ4v) is 3.11. The number of ether oxygens (including phenoxy) is 1. The molecule has 0 saturated heterocycles. The summed E-state index contributed by atoms with van der Waals surface area (Å²) >= 11 is 12.0. The average Bonchev–Trinajstić information content (AvgIpc) is 3.05. The van der Waals surface area contributed by atoms with Gasteiger partial charge in [-0.15, -0.1) is 0 Å². The Balaban J connectivity index is 1.90. The van der Waals surface area contributed by atoms with Gasteiger partial charge in [0.2, 0.25) is 0 Å². The van der Waals surface area contributed by atoms with Gasteiger partial charge >= 0.3 is 11.8 Å². The Morgan fingerprint density at radius 1 is 1.00 bits per heavy atom. The van der Waals surface area contributed by atoms with Crippen molar-refractivity contribution < 1.29 is 19.1 Å². The van der Waals surface area contributed by atoms with E-state index in [0.29, 0.717) is 26.6 Å². The summed E-state index contributed by atoms with van der Waals surface area (Å²) in [6, 6.07) is 13.1. The first-order valence-electron chi connectivity index (χ1n) is 8.85. The molecule has 10 heteroatoms. The van der Waals surface area contributed by atoms with E-state index in [0.717, 1.165) is 0 Å². The van der Waals surface area contributed by atoms with E-state index in [1.807, 2.05) is 0 Å². The lowest BCUT2D eigenvalue weighted by Crippen LogP contribution is -2.40. The van der Waals surface area contributed by atoms with Crippen LogP contribution in [0, 0.1) is 0 Å². The van der Waals surface area contributed by atoms with E-state index in [2.05, 4.69) is 16.1 Å². The average molecular weight is 449 g/mol. The van der Waals surface area contributed by atoms with E-state index in [4.69, 9.17) is 27.9 Å². The molecule has 0 atom stereocenters. The largest absolute Gasteiger partial charge is 0.383 e. The summed E-state index contributed by atoms with van der Waals surface area (Å²) in [6.07, 6.45) is 0. The van der Waals surface area contributed by atoms with Crippen LogP contribution in [0.25, 0.3) is 10.9 Å². The normalized spacial score (nSPS) is 10.6. The first kappa shape index (κ1) is 21.6. The summed E-state index contributed by atoms with van der Waals surface area (Å²) < 4.78 is 6.08. The summed E-state index contributed by atoms with van der Waals surface area (Å²) in [5.41, 5.74) is 3.53. The SMILES string of the molecule is COCCNC(=O)C(=O)Nn1c(C(=O)Nc2cccc(Cl)c2)cc2cc(Cl)ccc21. The number of fused-ring (bicyclic) bond motifs is 1. The minimum atomic E-state index is -0.935. The maximum atomic E-state index is 12.9. The lowest BCUT2D eigenvalue weighted by molar-refractivity contribution is -0.136. The van der Waals surface area contributed by atoms with Crippen LogP contribution >= 0.6 is 23.2 Å². The van der Waals surface area contributed by atoms with E-state index in [-0.39, 0.29) is 18.8 Å². The predicted octanol–water partition coefficient (Wildman–Crippen LogP) is 3.03. The monoisotopic (exact) mass is 448 g/mol. The standard InChI is InChI=1S/C20H18Cl2N4O4/c1-30-8-7-23-19(28)20(29)25-26-16-6-5-14(22)9-12(16)10-17(26)18(27)24-15-4-2-3-13(21)11-15/h2-6,9-11H,7-8H2,1H3,(H,23,28)(H,24,27)(H,25,29). The summed E-state index contributed by atoms with van der Waals surface area (Å²) in [5.74, 6) is -2.30. The Labute approximate surface area is 182 Å². The lowest BCUT2D eigenvalue weighted by atomic mass is 10.2. The highest BCUT2D eigenvalue weighted by molar-refractivity contribution is 6.38. The van der Waals surface area contributed by atoms with Gasteiger partial charge in [-0.05, 0) is 42.5 Å². The second kappa shape index (κ2) is 9.62. The molecule has 1 heterocycles. The van der Waals surface area contributed by atoms with Crippen molar-refractivity contribution in [2.45, 2.75) is 0 Å². The molecule has 0 spiro atoms. The zero-order valence-corrected chi connectivity index (χ0v) is 17.4. The molecule has 0 saturated carbocycles. The van der Waals surface area contributed by atoms with Crippen LogP contribution in [0.5, 0.6) is 0 Å². The molecule has 0 aliphatic carbocycles. The van der Waals surface area contributed by atoms with Gasteiger partial charge < -0.3 is 15.4 Å². The molecule has 3 N–H and O–H groups in total. The van der Waals surface area contributed by atoms with Crippen molar-refractivity contribution in [3.8, 4) is 0 Å². The smallest absolute Gasteiger partial charge is 0.328 e. The molecule has 3 aromatic rings. The summed E-state index contributed by atoms with van der Waals surface area (Å²) in [7, 11) is 1.48. The molecule has 0 aliphatic heterocycles. The summed E-state index contributed by atoms with van der Waals surface area (Å²) in [6.45, 7) is 0.435. The number of methoxy groups -OCH3 is 1. The van der Waals surface area contributed by atoms with Crippen LogP contribution in [-0.4, -0.2) is 42.7 Å². The van der Waals surface area contributed by atoms with Gasteiger partial charge in [0.05, 0.1) is 12.1 Å². The van der Waals surface area contributed by atoms with Crippen LogP contribution in [-0.2, 0) is 14.3 Å². The van der Waals surface area contributed by atoms with Crippen LogP contribution in [0.1, 0.15) is 10.5 Å². The van der Waals surface area contributed by atoms with Gasteiger partial charge in [0, 0.05) is 34.8 Å². The molecular weight excluding hydrogens is 431 g/mol. The van der Waals surface area contributed by atoms with Crippen molar-refractivity contribution >= 4 is 57.5 Å². The van der Waals surface area contributed by atoms with Crippen LogP contribution in [0.3, 0.4) is 0 Å². The van der Waals surface area contributed by atoms with Gasteiger partial charge in [-0.3, -0.25) is 19.8 Å². The number of carbonyl (C=O) groups excluding carboxylic acids is 3. The molecule has 0 bridgehead atoms. The number of carbonyl (C=O) groups is 3. The zero-order valence-electron chi connectivity index (χ0n) is 15.9. The maximum absolute atomic E-state index is 12.9. The predicted molar refractivity (Wildman–Crippen MR) is 116 cm³/mol. The van der Waals surface area contributed by atoms with Crippen molar-refractivity contribution in [1.29, 1.82) is 0 Å². The van der Waals surface area contributed by atoms with Gasteiger partial charge in [0.15, 0.2) is 0 Å². The molecular formula is C20H18Cl2N4O4. The van der Waals surface area contributed by atoms with E-state index in [9.17, 15) is 14.4 Å². The molecule has 2 aromatic carbocycles. The number of aromatic nitrogens is 1. The molecule has 3 rings (SSSR count). The number of rotatable bonds is 6. The highest BCUT2D eigenvalue weighted by Gasteiger charge is 2.21. The number of hydrogen-bond acceptors (Lipinski definition) is 4. The Bertz CT molecular complexity index is 1110. The zero-order chi connectivity index (χ0) is 21.7. The topological polar surface area (TPSA) is 101 Å². The first-order chi connectivity index (χ1) is 14.4.